The number of fused-ring (bicyclic) bond motifs is 1. The number of β-lactam (4-membered cyclic amide) rings is 1. The van der Waals surface area contributed by atoms with Crippen molar-refractivity contribution in [3.63, 3.8) is 0 Å². The number of aliphatic carboxylic acids is 1. The molecule has 3 aliphatic rings. The zero-order valence-corrected chi connectivity index (χ0v) is 27.4. The monoisotopic (exact) mass is 651 g/mol. The molecule has 2 amide bonds. The second-order valence-corrected chi connectivity index (χ2v) is 13.7. The molecule has 1 aromatic rings. The molecule has 7 atom stereocenters. The Kier molecular flexibility index (Phi) is 14.1. The number of nitrogens with two attached hydrogens (primary N) is 1. The third-order valence-electron chi connectivity index (χ3n) is 7.89. The summed E-state index contributed by atoms with van der Waals surface area (Å²) >= 11 is 1.35. The molecule has 45 heavy (non-hydrogen) atoms. The molecule has 13 heteroatoms. The minimum atomic E-state index is -1.06. The topological polar surface area (TPSA) is 181 Å². The number of phenols is 1. The Labute approximate surface area is 269 Å². The Bertz CT molecular complexity index is 1150. The maximum absolute atomic E-state index is 12.3. The molecule has 2 fully saturated rings. The van der Waals surface area contributed by atoms with E-state index in [0.29, 0.717) is 12.2 Å². The number of carboxylic acids is 1. The number of amides is 2. The van der Waals surface area contributed by atoms with E-state index in [1.165, 1.54) is 66.6 Å². The highest BCUT2D eigenvalue weighted by molar-refractivity contribution is 8.01. The molecule has 0 saturated carbocycles. The largest absolute Gasteiger partial charge is 0.508 e. The summed E-state index contributed by atoms with van der Waals surface area (Å²) in [4.78, 5) is 37.5. The Morgan fingerprint density at radius 2 is 1.73 bits per heavy atom. The average Bonchev–Trinajstić information content (AvgIpc) is 3.26. The zero-order chi connectivity index (χ0) is 33.1. The number of nitrogens with zero attached hydrogens (tertiary/aromatic N) is 1. The van der Waals surface area contributed by atoms with Crippen LogP contribution in [-0.4, -0.2) is 98.5 Å². The van der Waals surface area contributed by atoms with E-state index in [1.807, 2.05) is 6.08 Å². The number of rotatable bonds is 15. The molecule has 6 N–H and O–H groups in total. The Morgan fingerprint density at radius 1 is 1.09 bits per heavy atom. The third kappa shape index (κ3) is 9.90. The van der Waals surface area contributed by atoms with E-state index in [4.69, 9.17) is 19.9 Å². The average molecular weight is 652 g/mol. The molecular formula is C32H49N3O9S. The molecule has 0 radical (unpaired) electrons. The number of thioether (sulfide) groups is 1. The number of hydrogen-bond donors (Lipinski definition) is 5. The van der Waals surface area contributed by atoms with Crippen LogP contribution >= 0.6 is 11.8 Å². The van der Waals surface area contributed by atoms with Crippen molar-refractivity contribution in [1.82, 2.24) is 10.2 Å². The first-order valence-corrected chi connectivity index (χ1v) is 16.6. The van der Waals surface area contributed by atoms with Gasteiger partial charge in [0.05, 0.1) is 6.61 Å². The highest BCUT2D eigenvalue weighted by atomic mass is 32.2. The van der Waals surface area contributed by atoms with Crippen LogP contribution in [0.5, 0.6) is 5.75 Å². The summed E-state index contributed by atoms with van der Waals surface area (Å²) in [5, 5.41) is 30.4. The fourth-order valence-corrected chi connectivity index (χ4v) is 7.00. The van der Waals surface area contributed by atoms with Gasteiger partial charge in [-0.25, -0.2) is 4.79 Å². The molecule has 4 rings (SSSR count). The van der Waals surface area contributed by atoms with E-state index in [9.17, 15) is 29.7 Å². The molecule has 3 aliphatic heterocycles. The van der Waals surface area contributed by atoms with Crippen molar-refractivity contribution in [2.24, 2.45) is 5.73 Å². The van der Waals surface area contributed by atoms with Gasteiger partial charge in [-0.1, -0.05) is 57.7 Å². The van der Waals surface area contributed by atoms with E-state index >= 15 is 0 Å². The SMILES string of the molecule is CC1(C)S[C@@H]2[C@H](NC(=O)[C@H](N)c3ccc(O)cc3)C(=O)N2[C@H]1C(=O)O.CCCCCOC[C@H]1O[C@H](O)C=C[C@@H]1OCCCCC. The van der Waals surface area contributed by atoms with Gasteiger partial charge in [0.15, 0.2) is 6.29 Å². The van der Waals surface area contributed by atoms with Crippen LogP contribution in [0.1, 0.15) is 77.8 Å². The number of carboxylic acid groups (broad SMARTS) is 1. The van der Waals surface area contributed by atoms with Crippen LogP contribution in [0.2, 0.25) is 0 Å². The molecule has 2 saturated heterocycles. The van der Waals surface area contributed by atoms with Gasteiger partial charge in [0.2, 0.25) is 11.8 Å². The van der Waals surface area contributed by atoms with E-state index in [-0.39, 0.29) is 18.0 Å². The number of carbonyl (C=O) groups excluding carboxylic acids is 2. The first-order valence-electron chi connectivity index (χ1n) is 15.7. The van der Waals surface area contributed by atoms with Crippen LogP contribution < -0.4 is 11.1 Å². The molecule has 0 unspecified atom stereocenters. The Morgan fingerprint density at radius 3 is 2.36 bits per heavy atom. The van der Waals surface area contributed by atoms with Gasteiger partial charge >= 0.3 is 5.97 Å². The molecule has 0 spiro atoms. The molecule has 12 nitrogen and oxygen atoms in total. The highest BCUT2D eigenvalue weighted by Crippen LogP contribution is 2.50. The number of ether oxygens (including phenoxy) is 3. The van der Waals surface area contributed by atoms with E-state index in [2.05, 4.69) is 19.2 Å². The summed E-state index contributed by atoms with van der Waals surface area (Å²) in [6.45, 7) is 9.83. The normalized spacial score (nSPS) is 27.2. The lowest BCUT2D eigenvalue weighted by atomic mass is 9.95. The van der Waals surface area contributed by atoms with Crippen molar-refractivity contribution in [1.29, 1.82) is 0 Å². The minimum Gasteiger partial charge on any atom is -0.508 e. The van der Waals surface area contributed by atoms with Crippen LogP contribution in [0, 0.1) is 0 Å². The first-order chi connectivity index (χ1) is 21.4. The summed E-state index contributed by atoms with van der Waals surface area (Å²) in [5.74, 6) is -1.94. The van der Waals surface area contributed by atoms with Gasteiger partial charge in [0, 0.05) is 18.0 Å². The number of aromatic hydroxyl groups is 1. The van der Waals surface area contributed by atoms with Gasteiger partial charge in [-0.15, -0.1) is 11.8 Å². The zero-order valence-electron chi connectivity index (χ0n) is 26.6. The maximum Gasteiger partial charge on any atom is 0.327 e. The number of aliphatic hydroxyl groups excluding tert-OH is 1. The number of aliphatic hydroxyl groups is 1. The lowest BCUT2D eigenvalue weighted by Gasteiger charge is -2.43. The molecule has 0 aromatic heterocycles. The number of benzene rings is 1. The number of unbranched alkanes of at least 4 members (excludes halogenated alkanes) is 4. The van der Waals surface area contributed by atoms with Crippen LogP contribution in [-0.2, 0) is 28.6 Å². The van der Waals surface area contributed by atoms with Crippen molar-refractivity contribution in [2.75, 3.05) is 19.8 Å². The van der Waals surface area contributed by atoms with Gasteiger partial charge in [-0.3, -0.25) is 9.59 Å². The number of carbonyl (C=O) groups is 3. The third-order valence-corrected chi connectivity index (χ3v) is 9.46. The molecule has 3 heterocycles. The Balaban J connectivity index is 0.000000253. The van der Waals surface area contributed by atoms with Gasteiger partial charge in [-0.2, -0.15) is 0 Å². The van der Waals surface area contributed by atoms with Crippen LogP contribution in [0.15, 0.2) is 36.4 Å². The maximum atomic E-state index is 12.3. The van der Waals surface area contributed by atoms with Gasteiger partial charge in [-0.05, 0) is 50.5 Å². The second kappa shape index (κ2) is 17.3. The summed E-state index contributed by atoms with van der Waals surface area (Å²) < 4.78 is 16.3. The number of hydrogen-bond acceptors (Lipinski definition) is 10. The molecule has 252 valence electrons. The van der Waals surface area contributed by atoms with Crippen molar-refractivity contribution < 1.29 is 43.9 Å². The highest BCUT2D eigenvalue weighted by Gasteiger charge is 2.64. The first kappa shape index (κ1) is 36.8. The van der Waals surface area contributed by atoms with Gasteiger partial charge < -0.3 is 45.5 Å². The second-order valence-electron chi connectivity index (χ2n) is 11.9. The fourth-order valence-electron chi connectivity index (χ4n) is 5.37. The number of phenolic OH excluding ortho intramolecular Hbond substituents is 1. The van der Waals surface area contributed by atoms with Gasteiger partial charge in [0.1, 0.15) is 41.5 Å². The molecule has 1 aromatic carbocycles. The predicted molar refractivity (Wildman–Crippen MR) is 170 cm³/mol. The fraction of sp³-hybridized carbons (Fsp3) is 0.656. The lowest BCUT2D eigenvalue weighted by molar-refractivity contribution is -0.171. The van der Waals surface area contributed by atoms with Crippen molar-refractivity contribution >= 4 is 29.5 Å². The summed E-state index contributed by atoms with van der Waals surface area (Å²) in [7, 11) is 0. The van der Waals surface area contributed by atoms with E-state index in [0.717, 1.165) is 26.1 Å². The Hall–Kier alpha value is -2.68. The van der Waals surface area contributed by atoms with Crippen molar-refractivity contribution in [3.05, 3.63) is 42.0 Å². The molecular weight excluding hydrogens is 602 g/mol. The number of nitrogens with one attached hydrogen (secondary N) is 1. The summed E-state index contributed by atoms with van der Waals surface area (Å²) in [6.07, 6.45) is 9.24. The molecule has 0 aliphatic carbocycles. The van der Waals surface area contributed by atoms with Crippen molar-refractivity contribution in [2.45, 2.75) is 113 Å². The van der Waals surface area contributed by atoms with E-state index in [1.54, 1.807) is 19.9 Å². The van der Waals surface area contributed by atoms with Crippen molar-refractivity contribution in [3.8, 4) is 5.75 Å². The van der Waals surface area contributed by atoms with Crippen LogP contribution in [0.4, 0.5) is 0 Å². The summed E-state index contributed by atoms with van der Waals surface area (Å²) in [5.41, 5.74) is 6.41. The standard InChI is InChI=1S/C16H19N3O5S.C16H30O4/c1-16(2)11(15(23)24)19-13(22)10(14(19)25-16)18-12(21)9(17)7-3-5-8(20)6-4-7;1-3-5-7-11-18-13-15-14(9-10-16(17)20-15)19-12-8-6-4-2/h3-6,9-11,14,20H,17H2,1-2H3,(H,18,21)(H,23,24);9-10,14-17H,3-8,11-13H2,1-2H3/t9-,10-,11+,14-;14-,15+,16-/m10/s1. The van der Waals surface area contributed by atoms with E-state index < -0.39 is 52.3 Å². The van der Waals surface area contributed by atoms with Gasteiger partial charge in [0.25, 0.3) is 0 Å². The summed E-state index contributed by atoms with van der Waals surface area (Å²) in [6, 6.07) is 3.21. The predicted octanol–water partition coefficient (Wildman–Crippen LogP) is 3.07. The molecule has 0 bridgehead atoms. The van der Waals surface area contributed by atoms with Crippen LogP contribution in [0.25, 0.3) is 0 Å². The van der Waals surface area contributed by atoms with Crippen LogP contribution in [0.3, 0.4) is 0 Å². The smallest absolute Gasteiger partial charge is 0.327 e. The quantitative estimate of drug-likeness (QED) is 0.107. The minimum absolute atomic E-state index is 0.0606. The lowest BCUT2D eigenvalue weighted by Crippen LogP contribution is -2.71.